The van der Waals surface area contributed by atoms with Crippen LogP contribution in [0.3, 0.4) is 0 Å². The number of Topliss-reactive ketones (excluding diaryl/α,β-unsaturated/α-hetero) is 1. The van der Waals surface area contributed by atoms with E-state index in [4.69, 9.17) is 0 Å². The fourth-order valence-corrected chi connectivity index (χ4v) is 2.15. The Bertz CT molecular complexity index is 354. The van der Waals surface area contributed by atoms with Gasteiger partial charge in [-0.3, -0.25) is 4.79 Å². The molecule has 0 amide bonds. The summed E-state index contributed by atoms with van der Waals surface area (Å²) in [6.07, 6.45) is 3.45. The van der Waals surface area contributed by atoms with Gasteiger partial charge in [0.05, 0.1) is 0 Å². The zero-order valence-electron chi connectivity index (χ0n) is 10.9. The molecule has 1 aromatic rings. The zero-order valence-corrected chi connectivity index (χ0v) is 10.9. The fraction of sp³-hybridized carbons (Fsp3) is 0.533. The van der Waals surface area contributed by atoms with E-state index < -0.39 is 0 Å². The Morgan fingerprint density at radius 2 is 1.69 bits per heavy atom. The molecule has 0 N–H and O–H groups in total. The van der Waals surface area contributed by atoms with Gasteiger partial charge in [0, 0.05) is 12.8 Å². The SMILES string of the molecule is CCCCC(=O)Cc1c(C)cc(C)cc1C. The minimum Gasteiger partial charge on any atom is -0.299 e. The van der Waals surface area contributed by atoms with E-state index in [9.17, 15) is 4.79 Å². The van der Waals surface area contributed by atoms with Gasteiger partial charge in [0.15, 0.2) is 0 Å². The van der Waals surface area contributed by atoms with Gasteiger partial charge in [-0.1, -0.05) is 31.0 Å². The molecule has 0 aliphatic heterocycles. The molecule has 0 atom stereocenters. The summed E-state index contributed by atoms with van der Waals surface area (Å²) in [4.78, 5) is 11.8. The predicted molar refractivity (Wildman–Crippen MR) is 68.9 cm³/mol. The summed E-state index contributed by atoms with van der Waals surface area (Å²) in [6, 6.07) is 4.32. The lowest BCUT2D eigenvalue weighted by atomic mass is 9.94. The van der Waals surface area contributed by atoms with Gasteiger partial charge in [0.1, 0.15) is 5.78 Å². The third kappa shape index (κ3) is 3.48. The lowest BCUT2D eigenvalue weighted by Crippen LogP contribution is -2.06. The van der Waals surface area contributed by atoms with Crippen LogP contribution in [0.5, 0.6) is 0 Å². The molecule has 0 aliphatic rings. The molecule has 0 spiro atoms. The lowest BCUT2D eigenvalue weighted by molar-refractivity contribution is -0.118. The Kier molecular flexibility index (Phi) is 4.72. The van der Waals surface area contributed by atoms with Crippen LogP contribution < -0.4 is 0 Å². The molecule has 0 fully saturated rings. The Balaban J connectivity index is 2.77. The number of carbonyl (C=O) groups excluding carboxylic acids is 1. The third-order valence-electron chi connectivity index (χ3n) is 3.02. The molecule has 1 heteroatoms. The number of benzene rings is 1. The molecule has 88 valence electrons. The van der Waals surface area contributed by atoms with Crippen LogP contribution in [0.1, 0.15) is 48.4 Å². The Morgan fingerprint density at radius 1 is 1.12 bits per heavy atom. The fourth-order valence-electron chi connectivity index (χ4n) is 2.15. The standard InChI is InChI=1S/C15H22O/c1-5-6-7-14(16)10-15-12(3)8-11(2)9-13(15)4/h8-9H,5-7,10H2,1-4H3. The molecule has 0 bridgehead atoms. The van der Waals surface area contributed by atoms with E-state index in [0.29, 0.717) is 12.2 Å². The molecule has 0 saturated heterocycles. The van der Waals surface area contributed by atoms with Gasteiger partial charge in [-0.15, -0.1) is 0 Å². The van der Waals surface area contributed by atoms with Crippen LogP contribution in [0.4, 0.5) is 0 Å². The summed E-state index contributed by atoms with van der Waals surface area (Å²) in [5, 5.41) is 0. The normalized spacial score (nSPS) is 10.5. The van der Waals surface area contributed by atoms with Crippen LogP contribution in [0.25, 0.3) is 0 Å². The number of aryl methyl sites for hydroxylation is 3. The van der Waals surface area contributed by atoms with Gasteiger partial charge in [-0.2, -0.15) is 0 Å². The van der Waals surface area contributed by atoms with Crippen molar-refractivity contribution in [2.75, 3.05) is 0 Å². The molecule has 0 heterocycles. The molecular weight excluding hydrogens is 196 g/mol. The smallest absolute Gasteiger partial charge is 0.137 e. The second-order valence-electron chi connectivity index (χ2n) is 4.70. The highest BCUT2D eigenvalue weighted by atomic mass is 16.1. The second-order valence-corrected chi connectivity index (χ2v) is 4.70. The van der Waals surface area contributed by atoms with Crippen molar-refractivity contribution in [1.29, 1.82) is 0 Å². The molecule has 0 radical (unpaired) electrons. The number of carbonyl (C=O) groups is 1. The van der Waals surface area contributed by atoms with Gasteiger partial charge in [-0.05, 0) is 43.9 Å². The van der Waals surface area contributed by atoms with Gasteiger partial charge in [0.25, 0.3) is 0 Å². The van der Waals surface area contributed by atoms with Crippen molar-refractivity contribution in [2.45, 2.75) is 53.4 Å². The van der Waals surface area contributed by atoms with Crippen molar-refractivity contribution in [3.05, 3.63) is 34.4 Å². The van der Waals surface area contributed by atoms with E-state index in [1.807, 2.05) is 0 Å². The minimum absolute atomic E-state index is 0.372. The average molecular weight is 218 g/mol. The van der Waals surface area contributed by atoms with E-state index in [-0.39, 0.29) is 0 Å². The Hall–Kier alpha value is -1.11. The summed E-state index contributed by atoms with van der Waals surface area (Å²) >= 11 is 0. The van der Waals surface area contributed by atoms with Gasteiger partial charge >= 0.3 is 0 Å². The molecule has 1 aromatic carbocycles. The molecule has 16 heavy (non-hydrogen) atoms. The maximum atomic E-state index is 11.8. The van der Waals surface area contributed by atoms with E-state index >= 15 is 0 Å². The first kappa shape index (κ1) is 13.0. The maximum absolute atomic E-state index is 11.8. The number of hydrogen-bond acceptors (Lipinski definition) is 1. The first-order chi connectivity index (χ1) is 7.54. The van der Waals surface area contributed by atoms with E-state index in [1.165, 1.54) is 22.3 Å². The van der Waals surface area contributed by atoms with Gasteiger partial charge < -0.3 is 0 Å². The van der Waals surface area contributed by atoms with Crippen molar-refractivity contribution in [3.8, 4) is 0 Å². The maximum Gasteiger partial charge on any atom is 0.137 e. The third-order valence-corrected chi connectivity index (χ3v) is 3.02. The highest BCUT2D eigenvalue weighted by molar-refractivity contribution is 5.81. The Labute approximate surface area is 98.9 Å². The summed E-state index contributed by atoms with van der Waals surface area (Å²) < 4.78 is 0. The van der Waals surface area contributed by atoms with Crippen LogP contribution in [0, 0.1) is 20.8 Å². The highest BCUT2D eigenvalue weighted by Crippen LogP contribution is 2.18. The van der Waals surface area contributed by atoms with Crippen molar-refractivity contribution in [3.63, 3.8) is 0 Å². The molecule has 0 saturated carbocycles. The number of rotatable bonds is 5. The van der Waals surface area contributed by atoms with Crippen molar-refractivity contribution < 1.29 is 4.79 Å². The summed E-state index contributed by atoms with van der Waals surface area (Å²) in [6.45, 7) is 8.42. The number of hydrogen-bond donors (Lipinski definition) is 0. The van der Waals surface area contributed by atoms with Crippen LogP contribution >= 0.6 is 0 Å². The molecule has 1 rings (SSSR count). The Morgan fingerprint density at radius 3 is 2.19 bits per heavy atom. The highest BCUT2D eigenvalue weighted by Gasteiger charge is 2.08. The molecule has 0 aliphatic carbocycles. The van der Waals surface area contributed by atoms with Crippen LogP contribution in [-0.2, 0) is 11.2 Å². The quantitative estimate of drug-likeness (QED) is 0.732. The largest absolute Gasteiger partial charge is 0.299 e. The average Bonchev–Trinajstić information content (AvgIpc) is 2.20. The zero-order chi connectivity index (χ0) is 12.1. The topological polar surface area (TPSA) is 17.1 Å². The van der Waals surface area contributed by atoms with E-state index in [0.717, 1.165) is 19.3 Å². The van der Waals surface area contributed by atoms with Crippen molar-refractivity contribution in [1.82, 2.24) is 0 Å². The molecule has 0 unspecified atom stereocenters. The minimum atomic E-state index is 0.372. The van der Waals surface area contributed by atoms with E-state index in [1.54, 1.807) is 0 Å². The molecule has 0 aromatic heterocycles. The first-order valence-electron chi connectivity index (χ1n) is 6.13. The van der Waals surface area contributed by atoms with Crippen LogP contribution in [0.15, 0.2) is 12.1 Å². The number of unbranched alkanes of at least 4 members (excludes halogenated alkanes) is 1. The predicted octanol–water partition coefficient (Wildman–Crippen LogP) is 3.91. The summed E-state index contributed by atoms with van der Waals surface area (Å²) in [7, 11) is 0. The molecule has 1 nitrogen and oxygen atoms in total. The summed E-state index contributed by atoms with van der Waals surface area (Å²) in [5.41, 5.74) is 5.01. The monoisotopic (exact) mass is 218 g/mol. The van der Waals surface area contributed by atoms with Gasteiger partial charge in [-0.25, -0.2) is 0 Å². The van der Waals surface area contributed by atoms with Crippen molar-refractivity contribution in [2.24, 2.45) is 0 Å². The first-order valence-corrected chi connectivity index (χ1v) is 6.13. The number of ketones is 1. The van der Waals surface area contributed by atoms with E-state index in [2.05, 4.69) is 39.8 Å². The summed E-state index contributed by atoms with van der Waals surface area (Å²) in [5.74, 6) is 0.372. The second kappa shape index (κ2) is 5.83. The van der Waals surface area contributed by atoms with Gasteiger partial charge in [0.2, 0.25) is 0 Å². The molecular formula is C15H22O. The lowest BCUT2D eigenvalue weighted by Gasteiger charge is -2.10. The van der Waals surface area contributed by atoms with Crippen LogP contribution in [0.2, 0.25) is 0 Å². The van der Waals surface area contributed by atoms with Crippen molar-refractivity contribution >= 4 is 5.78 Å². The van der Waals surface area contributed by atoms with Crippen LogP contribution in [-0.4, -0.2) is 5.78 Å².